The van der Waals surface area contributed by atoms with E-state index in [9.17, 15) is 0 Å². The van der Waals surface area contributed by atoms with Gasteiger partial charge >= 0.3 is 0 Å². The molecule has 0 fully saturated rings. The third-order valence-electron chi connectivity index (χ3n) is 3.82. The Morgan fingerprint density at radius 2 is 1.79 bits per heavy atom. The molecule has 0 saturated carbocycles. The van der Waals surface area contributed by atoms with Crippen molar-refractivity contribution in [2.24, 2.45) is 5.73 Å². The number of rotatable bonds is 4. The Morgan fingerprint density at radius 1 is 0.947 bits per heavy atom. The summed E-state index contributed by atoms with van der Waals surface area (Å²) in [4.78, 5) is 0. The molecule has 0 heterocycles. The van der Waals surface area contributed by atoms with E-state index in [1.807, 2.05) is 0 Å². The first kappa shape index (κ1) is 12.2. The van der Waals surface area contributed by atoms with Crippen molar-refractivity contribution in [3.8, 4) is 0 Å². The normalized spacial score (nSPS) is 13.3. The van der Waals surface area contributed by atoms with Gasteiger partial charge in [0.1, 0.15) is 0 Å². The van der Waals surface area contributed by atoms with Gasteiger partial charge in [0.25, 0.3) is 0 Å². The van der Waals surface area contributed by atoms with E-state index >= 15 is 0 Å². The minimum Gasteiger partial charge on any atom is -0.381 e. The summed E-state index contributed by atoms with van der Waals surface area (Å²) in [5, 5.41) is 3.50. The van der Waals surface area contributed by atoms with Gasteiger partial charge in [-0.2, -0.15) is 0 Å². The average molecular weight is 252 g/mol. The van der Waals surface area contributed by atoms with Gasteiger partial charge in [0.2, 0.25) is 0 Å². The van der Waals surface area contributed by atoms with Gasteiger partial charge in [-0.1, -0.05) is 30.3 Å². The minimum atomic E-state index is 0.604. The molecule has 2 heteroatoms. The molecule has 0 saturated heterocycles. The van der Waals surface area contributed by atoms with E-state index < -0.39 is 0 Å². The van der Waals surface area contributed by atoms with Gasteiger partial charge in [0.05, 0.1) is 0 Å². The van der Waals surface area contributed by atoms with Crippen LogP contribution in [0.4, 0.5) is 5.69 Å². The smallest absolute Gasteiger partial charge is 0.0400 e. The molecule has 0 unspecified atom stereocenters. The van der Waals surface area contributed by atoms with Crippen LogP contribution in [-0.2, 0) is 25.9 Å². The zero-order valence-electron chi connectivity index (χ0n) is 11.2. The average Bonchev–Trinajstić information content (AvgIpc) is 2.93. The van der Waals surface area contributed by atoms with Gasteiger partial charge in [-0.05, 0) is 53.6 Å². The molecule has 0 amide bonds. The van der Waals surface area contributed by atoms with Crippen LogP contribution in [0.5, 0.6) is 0 Å². The topological polar surface area (TPSA) is 38.0 Å². The third-order valence-corrected chi connectivity index (χ3v) is 3.82. The number of anilines is 1. The first-order chi connectivity index (χ1) is 9.35. The van der Waals surface area contributed by atoms with Crippen LogP contribution < -0.4 is 11.1 Å². The molecule has 3 rings (SSSR count). The van der Waals surface area contributed by atoms with Crippen molar-refractivity contribution in [2.45, 2.75) is 32.4 Å². The fourth-order valence-electron chi connectivity index (χ4n) is 2.75. The second-order valence-corrected chi connectivity index (χ2v) is 5.21. The molecule has 0 atom stereocenters. The van der Waals surface area contributed by atoms with Gasteiger partial charge in [-0.15, -0.1) is 0 Å². The van der Waals surface area contributed by atoms with Crippen molar-refractivity contribution < 1.29 is 0 Å². The molecule has 1 aliphatic rings. The molecule has 19 heavy (non-hydrogen) atoms. The van der Waals surface area contributed by atoms with E-state index in [0.29, 0.717) is 6.54 Å². The molecule has 2 aromatic rings. The Kier molecular flexibility index (Phi) is 3.51. The van der Waals surface area contributed by atoms with Crippen molar-refractivity contribution >= 4 is 5.69 Å². The van der Waals surface area contributed by atoms with E-state index in [1.54, 1.807) is 0 Å². The molecule has 0 aromatic heterocycles. The fourth-order valence-corrected chi connectivity index (χ4v) is 2.75. The molecule has 0 radical (unpaired) electrons. The predicted octanol–water partition coefficient (Wildman–Crippen LogP) is 3.25. The van der Waals surface area contributed by atoms with Crippen LogP contribution in [0.25, 0.3) is 0 Å². The quantitative estimate of drug-likeness (QED) is 0.876. The number of aryl methyl sites for hydroxylation is 2. The summed E-state index contributed by atoms with van der Waals surface area (Å²) in [6.07, 6.45) is 3.78. The summed E-state index contributed by atoms with van der Waals surface area (Å²) in [6.45, 7) is 1.46. The molecular formula is C17H20N2. The summed E-state index contributed by atoms with van der Waals surface area (Å²) in [7, 11) is 0. The highest BCUT2D eigenvalue weighted by atomic mass is 14.9. The molecule has 0 aliphatic heterocycles. The number of fused-ring (bicyclic) bond motifs is 1. The number of hydrogen-bond donors (Lipinski definition) is 2. The Hall–Kier alpha value is -1.80. The second kappa shape index (κ2) is 5.45. The molecular weight excluding hydrogens is 232 g/mol. The summed E-state index contributed by atoms with van der Waals surface area (Å²) < 4.78 is 0. The van der Waals surface area contributed by atoms with Crippen molar-refractivity contribution in [1.29, 1.82) is 0 Å². The molecule has 3 N–H and O–H groups in total. The molecule has 1 aliphatic carbocycles. The van der Waals surface area contributed by atoms with Crippen LogP contribution in [0.1, 0.15) is 28.7 Å². The number of hydrogen-bond acceptors (Lipinski definition) is 2. The van der Waals surface area contributed by atoms with Gasteiger partial charge in [-0.3, -0.25) is 0 Å². The lowest BCUT2D eigenvalue weighted by atomic mass is 10.1. The maximum absolute atomic E-state index is 5.67. The maximum Gasteiger partial charge on any atom is 0.0400 e. The van der Waals surface area contributed by atoms with Crippen molar-refractivity contribution in [2.75, 3.05) is 5.32 Å². The lowest BCUT2D eigenvalue weighted by Crippen LogP contribution is -2.02. The van der Waals surface area contributed by atoms with Crippen LogP contribution in [-0.4, -0.2) is 0 Å². The fraction of sp³-hybridized carbons (Fsp3) is 0.294. The van der Waals surface area contributed by atoms with Crippen LogP contribution in [0.15, 0.2) is 42.5 Å². The molecule has 0 bridgehead atoms. The van der Waals surface area contributed by atoms with Crippen molar-refractivity contribution in [1.82, 2.24) is 0 Å². The number of benzene rings is 2. The van der Waals surface area contributed by atoms with Crippen LogP contribution in [0.2, 0.25) is 0 Å². The molecule has 2 nitrogen and oxygen atoms in total. The van der Waals surface area contributed by atoms with E-state index in [-0.39, 0.29) is 0 Å². The van der Waals surface area contributed by atoms with E-state index in [2.05, 4.69) is 47.8 Å². The highest BCUT2D eigenvalue weighted by Gasteiger charge is 2.10. The van der Waals surface area contributed by atoms with Crippen molar-refractivity contribution in [3.63, 3.8) is 0 Å². The van der Waals surface area contributed by atoms with E-state index in [1.165, 1.54) is 47.2 Å². The Bertz CT molecular complexity index is 575. The summed E-state index contributed by atoms with van der Waals surface area (Å²) in [5.74, 6) is 0. The Labute approximate surface area is 114 Å². The number of nitrogens with two attached hydrogens (primary N) is 1. The van der Waals surface area contributed by atoms with Gasteiger partial charge in [0.15, 0.2) is 0 Å². The predicted molar refractivity (Wildman–Crippen MR) is 80.1 cm³/mol. The lowest BCUT2D eigenvalue weighted by molar-refractivity contribution is 0.912. The Morgan fingerprint density at radius 3 is 2.68 bits per heavy atom. The van der Waals surface area contributed by atoms with Gasteiger partial charge in [0, 0.05) is 18.8 Å². The highest BCUT2D eigenvalue weighted by Crippen LogP contribution is 2.25. The SMILES string of the molecule is NCc1cccc(CNc2ccc3c(c2)CCC3)c1. The van der Waals surface area contributed by atoms with Crippen molar-refractivity contribution in [3.05, 3.63) is 64.7 Å². The zero-order valence-corrected chi connectivity index (χ0v) is 11.2. The third kappa shape index (κ3) is 2.79. The second-order valence-electron chi connectivity index (χ2n) is 5.21. The monoisotopic (exact) mass is 252 g/mol. The summed E-state index contributed by atoms with van der Waals surface area (Å²) >= 11 is 0. The molecule has 2 aromatic carbocycles. The molecule has 98 valence electrons. The van der Waals surface area contributed by atoms with Crippen LogP contribution >= 0.6 is 0 Å². The lowest BCUT2D eigenvalue weighted by Gasteiger charge is -2.09. The zero-order chi connectivity index (χ0) is 13.1. The van der Waals surface area contributed by atoms with E-state index in [4.69, 9.17) is 5.73 Å². The number of nitrogens with one attached hydrogen (secondary N) is 1. The van der Waals surface area contributed by atoms with Crippen LogP contribution in [0, 0.1) is 0 Å². The molecule has 0 spiro atoms. The first-order valence-electron chi connectivity index (χ1n) is 6.99. The largest absolute Gasteiger partial charge is 0.381 e. The Balaban J connectivity index is 1.68. The van der Waals surface area contributed by atoms with Gasteiger partial charge in [-0.25, -0.2) is 0 Å². The minimum absolute atomic E-state index is 0.604. The summed E-state index contributed by atoms with van der Waals surface area (Å²) in [5.41, 5.74) is 12.4. The van der Waals surface area contributed by atoms with E-state index in [0.717, 1.165) is 6.54 Å². The first-order valence-corrected chi connectivity index (χ1v) is 6.99. The van der Waals surface area contributed by atoms with Crippen LogP contribution in [0.3, 0.4) is 0 Å². The summed E-state index contributed by atoms with van der Waals surface area (Å²) in [6, 6.07) is 15.2. The maximum atomic E-state index is 5.67. The highest BCUT2D eigenvalue weighted by molar-refractivity contribution is 5.50. The standard InChI is InChI=1S/C17H20N2/c18-11-13-3-1-4-14(9-13)12-19-17-8-7-15-5-2-6-16(15)10-17/h1,3-4,7-10,19H,2,5-6,11-12,18H2. The van der Waals surface area contributed by atoms with Gasteiger partial charge < -0.3 is 11.1 Å².